The van der Waals surface area contributed by atoms with Gasteiger partial charge in [0, 0.05) is 32.9 Å². The van der Waals surface area contributed by atoms with Gasteiger partial charge in [0.2, 0.25) is 11.8 Å². The standard InChI is InChI=1S/C27H55N3O2.C2H4O2/c1-4-7-10-11-12-13-14-15-16-17-21-28-26(31)19-20-27(32)29-22-18-25-30(23-8-5-2)24-9-6-3;1-2(3)4/h4-25H2,1-3H3,(H,28,31)(H,29,32);1H3,(H,3,4). The highest BCUT2D eigenvalue weighted by atomic mass is 16.4. The van der Waals surface area contributed by atoms with Crippen LogP contribution in [0.25, 0.3) is 0 Å². The first-order valence-corrected chi connectivity index (χ1v) is 14.8. The second kappa shape index (κ2) is 29.6. The summed E-state index contributed by atoms with van der Waals surface area (Å²) in [6.07, 6.45) is 19.5. The summed E-state index contributed by atoms with van der Waals surface area (Å²) < 4.78 is 0. The van der Waals surface area contributed by atoms with Gasteiger partial charge < -0.3 is 20.6 Å². The van der Waals surface area contributed by atoms with Gasteiger partial charge in [-0.1, -0.05) is 91.4 Å². The number of hydrogen-bond donors (Lipinski definition) is 3. The second-order valence-corrected chi connectivity index (χ2v) is 9.80. The van der Waals surface area contributed by atoms with E-state index in [4.69, 9.17) is 9.90 Å². The molecule has 0 rings (SSSR count). The SMILES string of the molecule is CC(=O)O.CCCCCCCCCCCCNC(=O)CCC(=O)NCCCN(CCCC)CCCC. The van der Waals surface area contributed by atoms with Crippen molar-refractivity contribution in [3.05, 3.63) is 0 Å². The number of hydrogen-bond acceptors (Lipinski definition) is 4. The maximum absolute atomic E-state index is 12.0. The van der Waals surface area contributed by atoms with Crippen molar-refractivity contribution >= 4 is 17.8 Å². The third-order valence-electron chi connectivity index (χ3n) is 6.06. The summed E-state index contributed by atoms with van der Waals surface area (Å²) in [5.74, 6) is -0.839. The molecule has 0 aromatic carbocycles. The molecule has 0 bridgehead atoms. The number of carbonyl (C=O) groups excluding carboxylic acids is 2. The lowest BCUT2D eigenvalue weighted by Crippen LogP contribution is -2.32. The van der Waals surface area contributed by atoms with E-state index in [1.54, 1.807) is 0 Å². The van der Waals surface area contributed by atoms with E-state index in [1.165, 1.54) is 83.5 Å². The monoisotopic (exact) mass is 513 g/mol. The van der Waals surface area contributed by atoms with Crippen LogP contribution in [0, 0.1) is 0 Å². The molecular formula is C29H59N3O4. The zero-order valence-corrected chi connectivity index (χ0v) is 24.2. The average molecular weight is 514 g/mol. The number of carboxylic acid groups (broad SMARTS) is 1. The molecule has 0 fully saturated rings. The van der Waals surface area contributed by atoms with Crippen molar-refractivity contribution in [1.29, 1.82) is 0 Å². The van der Waals surface area contributed by atoms with E-state index >= 15 is 0 Å². The Hall–Kier alpha value is -1.63. The van der Waals surface area contributed by atoms with Gasteiger partial charge in [-0.15, -0.1) is 0 Å². The Balaban J connectivity index is 0. The molecule has 0 aliphatic rings. The van der Waals surface area contributed by atoms with E-state index < -0.39 is 5.97 Å². The molecule has 0 atom stereocenters. The van der Waals surface area contributed by atoms with Gasteiger partial charge in [-0.3, -0.25) is 14.4 Å². The van der Waals surface area contributed by atoms with Crippen molar-refractivity contribution in [2.24, 2.45) is 0 Å². The fourth-order valence-electron chi connectivity index (χ4n) is 3.87. The maximum Gasteiger partial charge on any atom is 0.300 e. The molecule has 0 radical (unpaired) electrons. The number of nitrogens with zero attached hydrogens (tertiary/aromatic N) is 1. The number of carboxylic acids is 1. The molecule has 3 N–H and O–H groups in total. The van der Waals surface area contributed by atoms with Gasteiger partial charge in [-0.2, -0.15) is 0 Å². The van der Waals surface area contributed by atoms with Gasteiger partial charge in [0.15, 0.2) is 0 Å². The van der Waals surface area contributed by atoms with Crippen LogP contribution in [-0.4, -0.2) is 60.5 Å². The summed E-state index contributed by atoms with van der Waals surface area (Å²) in [5, 5.41) is 13.3. The molecule has 0 aromatic heterocycles. The average Bonchev–Trinajstić information content (AvgIpc) is 2.84. The lowest BCUT2D eigenvalue weighted by molar-refractivity contribution is -0.134. The number of rotatable bonds is 24. The van der Waals surface area contributed by atoms with E-state index in [-0.39, 0.29) is 11.8 Å². The summed E-state index contributed by atoms with van der Waals surface area (Å²) in [6, 6.07) is 0. The molecule has 0 saturated heterocycles. The molecule has 214 valence electrons. The molecule has 0 aliphatic carbocycles. The zero-order valence-electron chi connectivity index (χ0n) is 24.2. The van der Waals surface area contributed by atoms with Gasteiger partial charge in [-0.25, -0.2) is 0 Å². The molecule has 0 heterocycles. The Morgan fingerprint density at radius 2 is 0.889 bits per heavy atom. The summed E-state index contributed by atoms with van der Waals surface area (Å²) in [6.45, 7) is 12.6. The van der Waals surface area contributed by atoms with Crippen molar-refractivity contribution in [2.75, 3.05) is 32.7 Å². The Kier molecular flexibility index (Phi) is 30.0. The van der Waals surface area contributed by atoms with E-state index in [0.29, 0.717) is 19.4 Å². The van der Waals surface area contributed by atoms with E-state index in [9.17, 15) is 9.59 Å². The third-order valence-corrected chi connectivity index (χ3v) is 6.06. The minimum atomic E-state index is -0.833. The highest BCUT2D eigenvalue weighted by Gasteiger charge is 2.07. The minimum Gasteiger partial charge on any atom is -0.481 e. The van der Waals surface area contributed by atoms with Crippen LogP contribution in [0.5, 0.6) is 0 Å². The predicted molar refractivity (Wildman–Crippen MR) is 151 cm³/mol. The Bertz CT molecular complexity index is 503. The van der Waals surface area contributed by atoms with Gasteiger partial charge in [-0.05, 0) is 45.3 Å². The molecule has 0 aliphatic heterocycles. The largest absolute Gasteiger partial charge is 0.481 e. The Labute approximate surface area is 222 Å². The summed E-state index contributed by atoms with van der Waals surface area (Å²) >= 11 is 0. The highest BCUT2D eigenvalue weighted by Crippen LogP contribution is 2.10. The van der Waals surface area contributed by atoms with Gasteiger partial charge in [0.1, 0.15) is 0 Å². The first-order valence-electron chi connectivity index (χ1n) is 14.8. The molecule has 0 unspecified atom stereocenters. The smallest absolute Gasteiger partial charge is 0.300 e. The van der Waals surface area contributed by atoms with E-state index in [2.05, 4.69) is 36.3 Å². The molecular weight excluding hydrogens is 454 g/mol. The molecule has 0 saturated carbocycles. The van der Waals surface area contributed by atoms with Crippen LogP contribution in [0.3, 0.4) is 0 Å². The van der Waals surface area contributed by atoms with Gasteiger partial charge in [0.25, 0.3) is 5.97 Å². The number of nitrogens with one attached hydrogen (secondary N) is 2. The topological polar surface area (TPSA) is 98.7 Å². The zero-order chi connectivity index (χ0) is 27.3. The van der Waals surface area contributed by atoms with Crippen LogP contribution < -0.4 is 10.6 Å². The number of amides is 2. The number of carbonyl (C=O) groups is 3. The van der Waals surface area contributed by atoms with Crippen LogP contribution in [-0.2, 0) is 14.4 Å². The van der Waals surface area contributed by atoms with Gasteiger partial charge in [0.05, 0.1) is 0 Å². The second-order valence-electron chi connectivity index (χ2n) is 9.80. The lowest BCUT2D eigenvalue weighted by atomic mass is 10.1. The van der Waals surface area contributed by atoms with Crippen LogP contribution in [0.4, 0.5) is 0 Å². The van der Waals surface area contributed by atoms with Crippen molar-refractivity contribution in [1.82, 2.24) is 15.5 Å². The quantitative estimate of drug-likeness (QED) is 0.131. The fraction of sp³-hybridized carbons (Fsp3) is 0.897. The summed E-state index contributed by atoms with van der Waals surface area (Å²) in [5.41, 5.74) is 0. The van der Waals surface area contributed by atoms with Crippen molar-refractivity contribution in [3.63, 3.8) is 0 Å². The van der Waals surface area contributed by atoms with E-state index in [1.807, 2.05) is 0 Å². The Morgan fingerprint density at radius 1 is 0.556 bits per heavy atom. The third kappa shape index (κ3) is 32.4. The van der Waals surface area contributed by atoms with E-state index in [0.717, 1.165) is 45.9 Å². The first kappa shape index (κ1) is 36.5. The molecule has 2 amide bonds. The summed E-state index contributed by atoms with van der Waals surface area (Å²) in [7, 11) is 0. The van der Waals surface area contributed by atoms with Crippen molar-refractivity contribution in [2.45, 2.75) is 137 Å². The van der Waals surface area contributed by atoms with Crippen LogP contribution in [0.2, 0.25) is 0 Å². The van der Waals surface area contributed by atoms with Crippen molar-refractivity contribution in [3.8, 4) is 0 Å². The minimum absolute atomic E-state index is 0.00128. The normalized spacial score (nSPS) is 10.6. The molecule has 36 heavy (non-hydrogen) atoms. The predicted octanol–water partition coefficient (Wildman–Crippen LogP) is 6.30. The summed E-state index contributed by atoms with van der Waals surface area (Å²) in [4.78, 5) is 35.4. The van der Waals surface area contributed by atoms with Crippen LogP contribution in [0.15, 0.2) is 0 Å². The van der Waals surface area contributed by atoms with Crippen molar-refractivity contribution < 1.29 is 19.5 Å². The lowest BCUT2D eigenvalue weighted by Gasteiger charge is -2.21. The highest BCUT2D eigenvalue weighted by molar-refractivity contribution is 5.83. The maximum atomic E-state index is 12.0. The first-order chi connectivity index (χ1) is 17.4. The van der Waals surface area contributed by atoms with Crippen LogP contribution in [0.1, 0.15) is 137 Å². The molecule has 7 heteroatoms. The Morgan fingerprint density at radius 3 is 1.31 bits per heavy atom. The fourth-order valence-corrected chi connectivity index (χ4v) is 3.87. The van der Waals surface area contributed by atoms with Crippen LogP contribution >= 0.6 is 0 Å². The molecule has 7 nitrogen and oxygen atoms in total. The molecule has 0 spiro atoms. The number of unbranched alkanes of at least 4 members (excludes halogenated alkanes) is 11. The van der Waals surface area contributed by atoms with Gasteiger partial charge >= 0.3 is 0 Å². The number of aliphatic carboxylic acids is 1. The molecule has 0 aromatic rings.